The summed E-state index contributed by atoms with van der Waals surface area (Å²) in [6, 6.07) is 13.6. The van der Waals surface area contributed by atoms with Gasteiger partial charge in [0.25, 0.3) is 0 Å². The molecule has 0 saturated heterocycles. The third-order valence-electron chi connectivity index (χ3n) is 3.89. The van der Waals surface area contributed by atoms with Crippen LogP contribution in [0.3, 0.4) is 0 Å². The zero-order valence-electron chi connectivity index (χ0n) is 11.7. The van der Waals surface area contributed by atoms with Crippen molar-refractivity contribution < 1.29 is 10.2 Å². The minimum absolute atomic E-state index is 0.591. The predicted molar refractivity (Wildman–Crippen MR) is 80.9 cm³/mol. The Balaban J connectivity index is 2.45. The smallest absolute Gasteiger partial charge is 0.119 e. The molecule has 2 aromatic carbocycles. The monoisotopic (exact) mass is 272 g/mol. The van der Waals surface area contributed by atoms with Crippen LogP contribution in [0.2, 0.25) is 0 Å². The molecule has 0 aliphatic rings. The first-order valence-electron chi connectivity index (χ1n) is 6.42. The first-order chi connectivity index (χ1) is 9.25. The van der Waals surface area contributed by atoms with Crippen molar-refractivity contribution in [2.24, 2.45) is 0 Å². The van der Waals surface area contributed by atoms with E-state index >= 15 is 0 Å². The predicted octanol–water partition coefficient (Wildman–Crippen LogP) is 1.97. The van der Waals surface area contributed by atoms with Gasteiger partial charge in [-0.15, -0.1) is 0 Å². The summed E-state index contributed by atoms with van der Waals surface area (Å²) in [5, 5.41) is 21.6. The summed E-state index contributed by atoms with van der Waals surface area (Å²) in [6.45, 7) is 3.16. The highest BCUT2D eigenvalue weighted by Crippen LogP contribution is 2.40. The van der Waals surface area contributed by atoms with E-state index in [0.29, 0.717) is 22.5 Å². The van der Waals surface area contributed by atoms with Crippen LogP contribution in [0.5, 0.6) is 0 Å². The Bertz CT molecular complexity index is 531. The molecule has 2 atom stereocenters. The maximum atomic E-state index is 10.8. The Morgan fingerprint density at radius 3 is 1.15 bits per heavy atom. The van der Waals surface area contributed by atoms with E-state index in [1.54, 1.807) is 62.4 Å². The fourth-order valence-corrected chi connectivity index (χ4v) is 2.18. The first kappa shape index (κ1) is 14.4. The van der Waals surface area contributed by atoms with Crippen molar-refractivity contribution in [1.82, 2.24) is 0 Å². The van der Waals surface area contributed by atoms with Gasteiger partial charge in [-0.2, -0.15) is 0 Å². The van der Waals surface area contributed by atoms with Gasteiger partial charge in [-0.25, -0.2) is 0 Å². The van der Waals surface area contributed by atoms with Gasteiger partial charge in [0, 0.05) is 11.4 Å². The maximum Gasteiger partial charge on any atom is 0.119 e. The van der Waals surface area contributed by atoms with E-state index in [1.165, 1.54) is 0 Å². The maximum absolute atomic E-state index is 10.8. The highest BCUT2D eigenvalue weighted by Gasteiger charge is 2.44. The van der Waals surface area contributed by atoms with Gasteiger partial charge in [0.1, 0.15) is 11.2 Å². The third kappa shape index (κ3) is 2.35. The lowest BCUT2D eigenvalue weighted by molar-refractivity contribution is -0.143. The molecule has 0 aliphatic heterocycles. The largest absolute Gasteiger partial charge is 0.399 e. The lowest BCUT2D eigenvalue weighted by Gasteiger charge is -2.39. The topological polar surface area (TPSA) is 92.5 Å². The normalized spacial score (nSPS) is 17.2. The number of nitrogen functional groups attached to an aromatic ring is 2. The number of benzene rings is 2. The minimum atomic E-state index is -1.46. The van der Waals surface area contributed by atoms with Gasteiger partial charge < -0.3 is 21.7 Å². The van der Waals surface area contributed by atoms with E-state index in [4.69, 9.17) is 11.5 Å². The van der Waals surface area contributed by atoms with Crippen molar-refractivity contribution in [1.29, 1.82) is 0 Å². The summed E-state index contributed by atoms with van der Waals surface area (Å²) in [5.41, 5.74) is 10.8. The third-order valence-corrected chi connectivity index (χ3v) is 3.89. The Labute approximate surface area is 118 Å². The summed E-state index contributed by atoms with van der Waals surface area (Å²) in [6.07, 6.45) is 0. The number of anilines is 2. The lowest BCUT2D eigenvalue weighted by atomic mass is 9.76. The standard InChI is InChI=1S/C16H20N2O2/c1-15(19,11-3-7-13(17)8-4-11)16(2,20)12-5-9-14(18)10-6-12/h3-10,19-20H,17-18H2,1-2H3. The van der Waals surface area contributed by atoms with Crippen molar-refractivity contribution in [2.75, 3.05) is 11.5 Å². The molecule has 0 radical (unpaired) electrons. The van der Waals surface area contributed by atoms with Crippen molar-refractivity contribution in [2.45, 2.75) is 25.0 Å². The van der Waals surface area contributed by atoms with Gasteiger partial charge in [0.15, 0.2) is 0 Å². The van der Waals surface area contributed by atoms with E-state index in [2.05, 4.69) is 0 Å². The number of hydrogen-bond acceptors (Lipinski definition) is 4. The van der Waals surface area contributed by atoms with Crippen molar-refractivity contribution in [3.63, 3.8) is 0 Å². The zero-order chi connectivity index (χ0) is 15.0. The van der Waals surface area contributed by atoms with Gasteiger partial charge in [-0.05, 0) is 49.2 Å². The minimum Gasteiger partial charge on any atom is -0.399 e. The zero-order valence-corrected chi connectivity index (χ0v) is 11.7. The van der Waals surface area contributed by atoms with E-state index in [9.17, 15) is 10.2 Å². The second-order valence-corrected chi connectivity index (χ2v) is 5.39. The SMILES string of the molecule is CC(O)(c1ccc(N)cc1)C(C)(O)c1ccc(N)cc1. The fourth-order valence-electron chi connectivity index (χ4n) is 2.18. The van der Waals surface area contributed by atoms with Crippen molar-refractivity contribution in [3.8, 4) is 0 Å². The van der Waals surface area contributed by atoms with E-state index in [1.807, 2.05) is 0 Å². The van der Waals surface area contributed by atoms with Crippen LogP contribution < -0.4 is 11.5 Å². The van der Waals surface area contributed by atoms with Crippen LogP contribution in [0, 0.1) is 0 Å². The lowest BCUT2D eigenvalue weighted by Crippen LogP contribution is -2.45. The number of nitrogens with two attached hydrogens (primary N) is 2. The van der Waals surface area contributed by atoms with Crippen LogP contribution in [0.25, 0.3) is 0 Å². The molecule has 0 aliphatic carbocycles. The van der Waals surface area contributed by atoms with Crippen molar-refractivity contribution in [3.05, 3.63) is 59.7 Å². The van der Waals surface area contributed by atoms with Crippen LogP contribution in [-0.2, 0) is 11.2 Å². The molecule has 106 valence electrons. The van der Waals surface area contributed by atoms with E-state index in [-0.39, 0.29) is 0 Å². The molecule has 0 bridgehead atoms. The van der Waals surface area contributed by atoms with Crippen LogP contribution in [0.15, 0.2) is 48.5 Å². The van der Waals surface area contributed by atoms with E-state index < -0.39 is 11.2 Å². The van der Waals surface area contributed by atoms with Gasteiger partial charge in [-0.3, -0.25) is 0 Å². The Kier molecular flexibility index (Phi) is 3.46. The van der Waals surface area contributed by atoms with Gasteiger partial charge in [0.05, 0.1) is 0 Å². The van der Waals surface area contributed by atoms with Gasteiger partial charge >= 0.3 is 0 Å². The highest BCUT2D eigenvalue weighted by atomic mass is 16.4. The average molecular weight is 272 g/mol. The molecule has 2 aromatic rings. The first-order valence-corrected chi connectivity index (χ1v) is 6.42. The summed E-state index contributed by atoms with van der Waals surface area (Å²) >= 11 is 0. The molecule has 2 unspecified atom stereocenters. The molecule has 0 aromatic heterocycles. The second-order valence-electron chi connectivity index (χ2n) is 5.39. The quantitative estimate of drug-likeness (QED) is 0.643. The summed E-state index contributed by atoms with van der Waals surface area (Å²) in [5.74, 6) is 0. The van der Waals surface area contributed by atoms with Gasteiger partial charge in [-0.1, -0.05) is 24.3 Å². The molecule has 6 N–H and O–H groups in total. The molecule has 0 amide bonds. The number of hydrogen-bond donors (Lipinski definition) is 4. The average Bonchev–Trinajstić information content (AvgIpc) is 2.39. The molecule has 4 nitrogen and oxygen atoms in total. The summed E-state index contributed by atoms with van der Waals surface area (Å²) in [7, 11) is 0. The van der Waals surface area contributed by atoms with Crippen LogP contribution in [0.4, 0.5) is 11.4 Å². The molecule has 0 saturated carbocycles. The highest BCUT2D eigenvalue weighted by molar-refractivity contribution is 5.44. The van der Waals surface area contributed by atoms with Crippen LogP contribution in [0.1, 0.15) is 25.0 Å². The Morgan fingerprint density at radius 1 is 0.650 bits per heavy atom. The van der Waals surface area contributed by atoms with Crippen LogP contribution >= 0.6 is 0 Å². The molecular formula is C16H20N2O2. The van der Waals surface area contributed by atoms with Crippen molar-refractivity contribution >= 4 is 11.4 Å². The summed E-state index contributed by atoms with van der Waals surface area (Å²) in [4.78, 5) is 0. The molecule has 20 heavy (non-hydrogen) atoms. The second kappa shape index (κ2) is 4.81. The Hall–Kier alpha value is -2.04. The molecule has 4 heteroatoms. The molecular weight excluding hydrogens is 252 g/mol. The molecule has 0 heterocycles. The molecule has 0 spiro atoms. The number of rotatable bonds is 3. The van der Waals surface area contributed by atoms with E-state index in [0.717, 1.165) is 0 Å². The Morgan fingerprint density at radius 2 is 0.900 bits per heavy atom. The molecule has 0 fully saturated rings. The summed E-state index contributed by atoms with van der Waals surface area (Å²) < 4.78 is 0. The molecule has 2 rings (SSSR count). The number of aliphatic hydroxyl groups is 2. The fraction of sp³-hybridized carbons (Fsp3) is 0.250. The van der Waals surface area contributed by atoms with Gasteiger partial charge in [0.2, 0.25) is 0 Å². The van der Waals surface area contributed by atoms with Crippen LogP contribution in [-0.4, -0.2) is 10.2 Å².